The molecule has 0 unspecified atom stereocenters. The van der Waals surface area contributed by atoms with Gasteiger partial charge in [0.25, 0.3) is 5.91 Å². The number of rotatable bonds is 5. The molecule has 3 aromatic heterocycles. The molecule has 6 rings (SSSR count). The van der Waals surface area contributed by atoms with Crippen LogP contribution in [0, 0.1) is 25.2 Å². The molecule has 2 fully saturated rings. The Morgan fingerprint density at radius 3 is 2.50 bits per heavy atom. The number of pyridine rings is 2. The van der Waals surface area contributed by atoms with E-state index in [1.54, 1.807) is 12.4 Å². The summed E-state index contributed by atoms with van der Waals surface area (Å²) < 4.78 is 0. The Hall–Kier alpha value is -4.65. The number of nitrogens with one attached hydrogen (secondary N) is 2. The predicted octanol–water partition coefficient (Wildman–Crippen LogP) is 3.88. The number of aryl methyl sites for hydroxylation is 2. The first kappa shape index (κ1) is 25.6. The van der Waals surface area contributed by atoms with Gasteiger partial charge in [-0.2, -0.15) is 10.4 Å². The Morgan fingerprint density at radius 2 is 1.73 bits per heavy atom. The van der Waals surface area contributed by atoms with Crippen molar-refractivity contribution in [1.82, 2.24) is 25.1 Å². The lowest BCUT2D eigenvalue weighted by Crippen LogP contribution is -2.49. The van der Waals surface area contributed by atoms with Crippen molar-refractivity contribution in [2.75, 3.05) is 54.4 Å². The fourth-order valence-electron chi connectivity index (χ4n) is 5.81. The zero-order chi connectivity index (χ0) is 27.6. The van der Waals surface area contributed by atoms with Crippen LogP contribution in [0.4, 0.5) is 17.2 Å². The number of hydrogen-bond acceptors (Lipinski definition) is 8. The van der Waals surface area contributed by atoms with Gasteiger partial charge in [-0.05, 0) is 49.9 Å². The van der Waals surface area contributed by atoms with Crippen LogP contribution in [0.25, 0.3) is 10.9 Å². The van der Waals surface area contributed by atoms with Crippen LogP contribution in [0.5, 0.6) is 0 Å². The SMILES string of the molecule is Cc1cc(C)c(C(=O)N2CCN(c3cncc4cn[nH]c34)CC2)nc1NC1CCN(c2ccccc2C#N)CC1. The quantitative estimate of drug-likeness (QED) is 0.395. The van der Waals surface area contributed by atoms with Gasteiger partial charge in [-0.3, -0.25) is 14.9 Å². The molecular formula is C30H33N9O. The molecule has 2 aliphatic rings. The number of piperidine rings is 1. The van der Waals surface area contributed by atoms with Crippen LogP contribution < -0.4 is 15.1 Å². The minimum absolute atomic E-state index is 0.0268. The average molecular weight is 536 g/mol. The van der Waals surface area contributed by atoms with E-state index in [-0.39, 0.29) is 11.9 Å². The van der Waals surface area contributed by atoms with E-state index in [1.807, 2.05) is 49.2 Å². The van der Waals surface area contributed by atoms with Crippen molar-refractivity contribution in [2.45, 2.75) is 32.7 Å². The largest absolute Gasteiger partial charge is 0.370 e. The molecule has 4 aromatic rings. The summed E-state index contributed by atoms with van der Waals surface area (Å²) in [5.41, 5.74) is 6.14. The Balaban J connectivity index is 1.10. The number of amides is 1. The van der Waals surface area contributed by atoms with Crippen molar-refractivity contribution < 1.29 is 4.79 Å². The van der Waals surface area contributed by atoms with Crippen molar-refractivity contribution in [3.63, 3.8) is 0 Å². The highest BCUT2D eigenvalue weighted by Gasteiger charge is 2.27. The Labute approximate surface area is 233 Å². The molecule has 1 aromatic carbocycles. The van der Waals surface area contributed by atoms with E-state index in [2.05, 4.69) is 42.4 Å². The van der Waals surface area contributed by atoms with E-state index in [0.717, 1.165) is 78.2 Å². The lowest BCUT2D eigenvalue weighted by molar-refractivity contribution is 0.0740. The molecule has 10 nitrogen and oxygen atoms in total. The van der Waals surface area contributed by atoms with Crippen LogP contribution in [-0.4, -0.2) is 76.3 Å². The van der Waals surface area contributed by atoms with E-state index in [4.69, 9.17) is 4.98 Å². The van der Waals surface area contributed by atoms with Gasteiger partial charge in [0.15, 0.2) is 0 Å². The number of aromatic nitrogens is 4. The van der Waals surface area contributed by atoms with Gasteiger partial charge < -0.3 is 20.0 Å². The molecule has 5 heterocycles. The summed E-state index contributed by atoms with van der Waals surface area (Å²) in [4.78, 5) is 29.3. The molecule has 0 spiro atoms. The maximum Gasteiger partial charge on any atom is 0.272 e. The van der Waals surface area contributed by atoms with E-state index in [0.29, 0.717) is 24.3 Å². The number of nitrogens with zero attached hydrogens (tertiary/aromatic N) is 7. The number of piperazine rings is 1. The minimum Gasteiger partial charge on any atom is -0.370 e. The summed E-state index contributed by atoms with van der Waals surface area (Å²) in [5.74, 6) is 0.751. The lowest BCUT2D eigenvalue weighted by atomic mass is 10.0. The highest BCUT2D eigenvalue weighted by molar-refractivity contribution is 5.95. The lowest BCUT2D eigenvalue weighted by Gasteiger charge is -2.36. The van der Waals surface area contributed by atoms with Crippen molar-refractivity contribution in [3.8, 4) is 6.07 Å². The van der Waals surface area contributed by atoms with Crippen LogP contribution >= 0.6 is 0 Å². The monoisotopic (exact) mass is 535 g/mol. The molecule has 0 radical (unpaired) electrons. The Bertz CT molecular complexity index is 1570. The maximum atomic E-state index is 13.6. The first-order valence-electron chi connectivity index (χ1n) is 13.8. The van der Waals surface area contributed by atoms with E-state index >= 15 is 0 Å². The number of carbonyl (C=O) groups excluding carboxylic acids is 1. The molecule has 0 saturated carbocycles. The number of fused-ring (bicyclic) bond motifs is 1. The number of nitriles is 1. The molecule has 0 aliphatic carbocycles. The fraction of sp³-hybridized carbons (Fsp3) is 0.367. The molecule has 1 amide bonds. The molecule has 40 heavy (non-hydrogen) atoms. The van der Waals surface area contributed by atoms with Crippen molar-refractivity contribution in [1.29, 1.82) is 5.26 Å². The number of anilines is 3. The summed E-state index contributed by atoms with van der Waals surface area (Å²) in [7, 11) is 0. The zero-order valence-electron chi connectivity index (χ0n) is 22.9. The molecule has 2 saturated heterocycles. The van der Waals surface area contributed by atoms with E-state index in [9.17, 15) is 10.1 Å². The number of benzene rings is 1. The molecule has 2 N–H and O–H groups in total. The van der Waals surface area contributed by atoms with Crippen LogP contribution in [-0.2, 0) is 0 Å². The van der Waals surface area contributed by atoms with Crippen LogP contribution in [0.1, 0.15) is 40.0 Å². The summed E-state index contributed by atoms with van der Waals surface area (Å²) in [6, 6.07) is 12.4. The average Bonchev–Trinajstić information content (AvgIpc) is 3.48. The Kier molecular flexibility index (Phi) is 6.95. The zero-order valence-corrected chi connectivity index (χ0v) is 22.9. The summed E-state index contributed by atoms with van der Waals surface area (Å²) in [6.45, 7) is 8.39. The number of para-hydroxylation sites is 1. The van der Waals surface area contributed by atoms with Crippen molar-refractivity contribution in [3.05, 3.63) is 71.3 Å². The Morgan fingerprint density at radius 1 is 0.975 bits per heavy atom. The number of H-pyrrole nitrogens is 1. The molecule has 2 aliphatic heterocycles. The number of aromatic amines is 1. The van der Waals surface area contributed by atoms with Gasteiger partial charge in [-0.15, -0.1) is 0 Å². The summed E-state index contributed by atoms with van der Waals surface area (Å²) in [6.07, 6.45) is 7.29. The normalized spacial score (nSPS) is 16.3. The third-order valence-electron chi connectivity index (χ3n) is 8.05. The minimum atomic E-state index is -0.0268. The van der Waals surface area contributed by atoms with Gasteiger partial charge in [0.2, 0.25) is 0 Å². The highest BCUT2D eigenvalue weighted by atomic mass is 16.2. The van der Waals surface area contributed by atoms with E-state index < -0.39 is 0 Å². The van der Waals surface area contributed by atoms with Gasteiger partial charge in [0, 0.05) is 56.9 Å². The maximum absolute atomic E-state index is 13.6. The smallest absolute Gasteiger partial charge is 0.272 e. The second-order valence-corrected chi connectivity index (χ2v) is 10.6. The standard InChI is InChI=1S/C30H33N9O/c1-20-15-21(2)29(34-24-7-9-37(10-8-24)25-6-4-3-5-22(25)16-31)35-27(20)30(40)39-13-11-38(12-14-39)26-19-32-17-23-18-33-36-28(23)26/h3-6,15,17-19,24H,7-14H2,1-2H3,(H,33,36)(H,34,35). The summed E-state index contributed by atoms with van der Waals surface area (Å²) in [5, 5.41) is 21.3. The first-order chi connectivity index (χ1) is 19.5. The molecular weight excluding hydrogens is 502 g/mol. The molecule has 204 valence electrons. The van der Waals surface area contributed by atoms with Crippen LogP contribution in [0.3, 0.4) is 0 Å². The first-order valence-corrected chi connectivity index (χ1v) is 13.8. The van der Waals surface area contributed by atoms with Gasteiger partial charge >= 0.3 is 0 Å². The number of hydrogen-bond donors (Lipinski definition) is 2. The third kappa shape index (κ3) is 4.91. The van der Waals surface area contributed by atoms with Crippen molar-refractivity contribution in [2.24, 2.45) is 0 Å². The van der Waals surface area contributed by atoms with Crippen LogP contribution in [0.15, 0.2) is 48.9 Å². The second kappa shape index (κ2) is 10.8. The highest BCUT2D eigenvalue weighted by Crippen LogP contribution is 2.27. The third-order valence-corrected chi connectivity index (χ3v) is 8.05. The fourth-order valence-corrected chi connectivity index (χ4v) is 5.81. The van der Waals surface area contributed by atoms with Gasteiger partial charge in [-0.25, -0.2) is 4.98 Å². The van der Waals surface area contributed by atoms with Crippen LogP contribution in [0.2, 0.25) is 0 Å². The van der Waals surface area contributed by atoms with Crippen molar-refractivity contribution >= 4 is 34.0 Å². The second-order valence-electron chi connectivity index (χ2n) is 10.6. The van der Waals surface area contributed by atoms with E-state index in [1.165, 1.54) is 0 Å². The molecule has 10 heteroatoms. The van der Waals surface area contributed by atoms with Gasteiger partial charge in [-0.1, -0.05) is 18.2 Å². The predicted molar refractivity (Wildman–Crippen MR) is 156 cm³/mol. The molecule has 0 bridgehead atoms. The molecule has 0 atom stereocenters. The topological polar surface area (TPSA) is 117 Å². The number of carbonyl (C=O) groups is 1. The summed E-state index contributed by atoms with van der Waals surface area (Å²) >= 11 is 0. The van der Waals surface area contributed by atoms with Gasteiger partial charge in [0.1, 0.15) is 17.6 Å². The van der Waals surface area contributed by atoms with Gasteiger partial charge in [0.05, 0.1) is 34.8 Å².